The fourth-order valence-corrected chi connectivity index (χ4v) is 1.67. The summed E-state index contributed by atoms with van der Waals surface area (Å²) < 4.78 is 26.2. The predicted molar refractivity (Wildman–Crippen MR) is 63.0 cm³/mol. The first-order valence-corrected chi connectivity index (χ1v) is 5.66. The van der Waals surface area contributed by atoms with Gasteiger partial charge in [0.05, 0.1) is 6.42 Å². The Hall–Kier alpha value is -1.16. The van der Waals surface area contributed by atoms with E-state index in [-0.39, 0.29) is 23.3 Å². The van der Waals surface area contributed by atoms with E-state index in [0.717, 1.165) is 6.07 Å². The summed E-state index contributed by atoms with van der Waals surface area (Å²) in [6.45, 7) is 2.13. The molecule has 0 fully saturated rings. The third kappa shape index (κ3) is 3.97. The summed E-state index contributed by atoms with van der Waals surface area (Å²) in [5.41, 5.74) is 0.0593. The molecule has 0 spiro atoms. The van der Waals surface area contributed by atoms with Crippen LogP contribution in [0, 0.1) is 11.6 Å². The van der Waals surface area contributed by atoms with Gasteiger partial charge in [0.15, 0.2) is 11.6 Å². The van der Waals surface area contributed by atoms with Crippen LogP contribution >= 0.6 is 11.6 Å². The summed E-state index contributed by atoms with van der Waals surface area (Å²) in [7, 11) is 1.58. The van der Waals surface area contributed by atoms with E-state index in [0.29, 0.717) is 6.54 Å². The Bertz CT molecular complexity index is 409. The number of amides is 1. The highest BCUT2D eigenvalue weighted by Gasteiger charge is 2.15. The highest BCUT2D eigenvalue weighted by Crippen LogP contribution is 2.13. The lowest BCUT2D eigenvalue weighted by atomic mass is 10.1. The van der Waals surface area contributed by atoms with Crippen molar-refractivity contribution in [1.82, 2.24) is 4.90 Å². The molecular weight excluding hydrogens is 248 g/mol. The van der Waals surface area contributed by atoms with E-state index in [1.165, 1.54) is 17.0 Å². The number of hydrogen-bond donors (Lipinski definition) is 0. The Morgan fingerprint density at radius 3 is 2.71 bits per heavy atom. The first-order valence-electron chi connectivity index (χ1n) is 5.22. The van der Waals surface area contributed by atoms with Crippen molar-refractivity contribution in [2.45, 2.75) is 18.7 Å². The molecule has 0 aromatic heterocycles. The molecule has 0 heterocycles. The number of likely N-dealkylation sites (N-methyl/N-ethyl adjacent to an activating group) is 1. The maximum Gasteiger partial charge on any atom is 0.226 e. The largest absolute Gasteiger partial charge is 0.344 e. The monoisotopic (exact) mass is 261 g/mol. The van der Waals surface area contributed by atoms with Gasteiger partial charge in [0, 0.05) is 24.5 Å². The number of rotatable bonds is 4. The van der Waals surface area contributed by atoms with E-state index >= 15 is 0 Å². The number of carbonyl (C=O) groups is 1. The first kappa shape index (κ1) is 13.9. The molecule has 1 rings (SSSR count). The number of benzene rings is 1. The molecule has 0 saturated carbocycles. The van der Waals surface area contributed by atoms with Gasteiger partial charge < -0.3 is 4.90 Å². The molecule has 0 saturated heterocycles. The molecule has 0 aliphatic carbocycles. The van der Waals surface area contributed by atoms with Crippen molar-refractivity contribution in [3.63, 3.8) is 0 Å². The molecule has 1 aromatic carbocycles. The van der Waals surface area contributed by atoms with E-state index in [9.17, 15) is 13.6 Å². The second-order valence-electron chi connectivity index (χ2n) is 3.94. The number of nitrogens with zero attached hydrogens (tertiary/aromatic N) is 1. The van der Waals surface area contributed by atoms with E-state index in [1.54, 1.807) is 14.0 Å². The number of hydrogen-bond acceptors (Lipinski definition) is 1. The van der Waals surface area contributed by atoms with Crippen molar-refractivity contribution in [3.8, 4) is 0 Å². The van der Waals surface area contributed by atoms with Gasteiger partial charge in [-0.2, -0.15) is 0 Å². The van der Waals surface area contributed by atoms with E-state index < -0.39 is 11.6 Å². The zero-order valence-electron chi connectivity index (χ0n) is 9.71. The third-order valence-electron chi connectivity index (χ3n) is 2.32. The molecule has 0 radical (unpaired) electrons. The van der Waals surface area contributed by atoms with Crippen molar-refractivity contribution in [2.75, 3.05) is 13.6 Å². The molecular formula is C12H14ClF2NO. The average molecular weight is 262 g/mol. The van der Waals surface area contributed by atoms with Crippen molar-refractivity contribution >= 4 is 17.5 Å². The number of carbonyl (C=O) groups excluding carboxylic acids is 1. The van der Waals surface area contributed by atoms with E-state index in [4.69, 9.17) is 11.6 Å². The van der Waals surface area contributed by atoms with Gasteiger partial charge in [0.2, 0.25) is 5.91 Å². The van der Waals surface area contributed by atoms with Crippen LogP contribution in [0.2, 0.25) is 0 Å². The van der Waals surface area contributed by atoms with Crippen LogP contribution in [0.15, 0.2) is 18.2 Å². The molecule has 5 heteroatoms. The lowest BCUT2D eigenvalue weighted by Crippen LogP contribution is -2.32. The highest BCUT2D eigenvalue weighted by molar-refractivity contribution is 6.20. The van der Waals surface area contributed by atoms with Crippen LogP contribution in [0.25, 0.3) is 0 Å². The van der Waals surface area contributed by atoms with Crippen LogP contribution in [0.4, 0.5) is 8.78 Å². The van der Waals surface area contributed by atoms with Gasteiger partial charge in [-0.05, 0) is 13.0 Å². The molecule has 1 atom stereocenters. The summed E-state index contributed by atoms with van der Waals surface area (Å²) in [5, 5.41) is -0.179. The second-order valence-corrected chi connectivity index (χ2v) is 4.69. The summed E-state index contributed by atoms with van der Waals surface area (Å²) in [5.74, 6) is -2.20. The van der Waals surface area contributed by atoms with Crippen molar-refractivity contribution in [1.29, 1.82) is 0 Å². The second kappa shape index (κ2) is 5.96. The fourth-order valence-electron chi connectivity index (χ4n) is 1.46. The Morgan fingerprint density at radius 1 is 1.47 bits per heavy atom. The SMILES string of the molecule is CC(Cl)CN(C)C(=O)Cc1cccc(F)c1F. The van der Waals surface area contributed by atoms with E-state index in [2.05, 4.69) is 0 Å². The predicted octanol–water partition coefficient (Wildman–Crippen LogP) is 2.59. The van der Waals surface area contributed by atoms with Gasteiger partial charge in [-0.3, -0.25) is 4.79 Å². The Labute approximate surface area is 104 Å². The van der Waals surface area contributed by atoms with Crippen molar-refractivity contribution in [3.05, 3.63) is 35.4 Å². The van der Waals surface area contributed by atoms with Gasteiger partial charge in [0.25, 0.3) is 0 Å². The summed E-state index contributed by atoms with van der Waals surface area (Å²) >= 11 is 5.75. The topological polar surface area (TPSA) is 20.3 Å². The van der Waals surface area contributed by atoms with Crippen LogP contribution in [-0.4, -0.2) is 29.8 Å². The molecule has 1 aromatic rings. The molecule has 1 amide bonds. The Kier molecular flexibility index (Phi) is 4.87. The molecule has 0 N–H and O–H groups in total. The fraction of sp³-hybridized carbons (Fsp3) is 0.417. The van der Waals surface area contributed by atoms with Gasteiger partial charge in [-0.15, -0.1) is 11.6 Å². The van der Waals surface area contributed by atoms with Crippen LogP contribution < -0.4 is 0 Å². The van der Waals surface area contributed by atoms with Gasteiger partial charge in [0.1, 0.15) is 0 Å². The Morgan fingerprint density at radius 2 is 2.12 bits per heavy atom. The summed E-state index contributed by atoms with van der Waals surface area (Å²) in [6.07, 6.45) is -0.163. The van der Waals surface area contributed by atoms with Crippen LogP contribution in [-0.2, 0) is 11.2 Å². The first-order chi connectivity index (χ1) is 7.91. The molecule has 0 bridgehead atoms. The van der Waals surface area contributed by atoms with Gasteiger partial charge in [-0.25, -0.2) is 8.78 Å². The molecule has 0 aliphatic rings. The lowest BCUT2D eigenvalue weighted by molar-refractivity contribution is -0.129. The number of halogens is 3. The molecule has 0 aliphatic heterocycles. The highest BCUT2D eigenvalue weighted by atomic mass is 35.5. The molecule has 1 unspecified atom stereocenters. The van der Waals surface area contributed by atoms with Gasteiger partial charge in [-0.1, -0.05) is 12.1 Å². The summed E-state index contributed by atoms with van der Waals surface area (Å²) in [6, 6.07) is 3.80. The number of alkyl halides is 1. The normalized spacial score (nSPS) is 12.3. The zero-order chi connectivity index (χ0) is 13.0. The maximum absolute atomic E-state index is 13.3. The van der Waals surface area contributed by atoms with Crippen LogP contribution in [0.3, 0.4) is 0 Å². The minimum Gasteiger partial charge on any atom is -0.344 e. The molecule has 2 nitrogen and oxygen atoms in total. The standard InChI is InChI=1S/C12H14ClF2NO/c1-8(13)7-16(2)11(17)6-9-4-3-5-10(14)12(9)15/h3-5,8H,6-7H2,1-2H3. The quantitative estimate of drug-likeness (QED) is 0.763. The van der Waals surface area contributed by atoms with Crippen LogP contribution in [0.1, 0.15) is 12.5 Å². The minimum absolute atomic E-state index is 0.0593. The smallest absolute Gasteiger partial charge is 0.226 e. The minimum atomic E-state index is -0.965. The zero-order valence-corrected chi connectivity index (χ0v) is 10.5. The lowest BCUT2D eigenvalue weighted by Gasteiger charge is -2.18. The maximum atomic E-state index is 13.3. The van der Waals surface area contributed by atoms with Crippen molar-refractivity contribution < 1.29 is 13.6 Å². The average Bonchev–Trinajstić information content (AvgIpc) is 2.23. The molecule has 17 heavy (non-hydrogen) atoms. The van der Waals surface area contributed by atoms with E-state index in [1.807, 2.05) is 0 Å². The Balaban J connectivity index is 2.71. The van der Waals surface area contributed by atoms with Crippen LogP contribution in [0.5, 0.6) is 0 Å². The molecule has 94 valence electrons. The van der Waals surface area contributed by atoms with Crippen molar-refractivity contribution in [2.24, 2.45) is 0 Å². The third-order valence-corrected chi connectivity index (χ3v) is 2.46. The van der Waals surface area contributed by atoms with Gasteiger partial charge >= 0.3 is 0 Å². The summed E-state index contributed by atoms with van der Waals surface area (Å²) in [4.78, 5) is 13.1.